The number of benzene rings is 10. The molecule has 13 rings (SSSR count). The van der Waals surface area contributed by atoms with Crippen LogP contribution < -0.4 is 0 Å². The molecule has 0 bridgehead atoms. The molecule has 0 aliphatic rings. The number of rotatable bonds is 4. The standard InChI is InChI=1S/C56H35N3/c1-3-17-41-36(13-1)15-11-25-49(41)58-52-23-9-6-20-44(52)47-34-39(28-31-55(47)58)38-27-30-54-46(33-38)43-19-5-8-22-51(43)57(54)40-29-32-56-48(35-40)45-21-7-10-24-53(45)59(56)50-26-12-16-37-14-2-4-18-42(37)50/h1-35H. The topological polar surface area (TPSA) is 14.8 Å². The summed E-state index contributed by atoms with van der Waals surface area (Å²) < 4.78 is 7.31. The summed E-state index contributed by atoms with van der Waals surface area (Å²) in [5.41, 5.74) is 13.2. The van der Waals surface area contributed by atoms with Crippen molar-refractivity contribution in [2.24, 2.45) is 0 Å². The monoisotopic (exact) mass is 749 g/mol. The Hall–Kier alpha value is -7.88. The van der Waals surface area contributed by atoms with Crippen LogP contribution in [0.2, 0.25) is 0 Å². The number of hydrogen-bond donors (Lipinski definition) is 0. The highest BCUT2D eigenvalue weighted by Crippen LogP contribution is 2.41. The summed E-state index contributed by atoms with van der Waals surface area (Å²) in [6.07, 6.45) is 0. The van der Waals surface area contributed by atoms with Gasteiger partial charge in [-0.1, -0.05) is 140 Å². The Balaban J connectivity index is 0.988. The third-order valence-corrected chi connectivity index (χ3v) is 12.6. The van der Waals surface area contributed by atoms with Gasteiger partial charge in [-0.05, 0) is 94.7 Å². The van der Waals surface area contributed by atoms with E-state index in [1.807, 2.05) is 0 Å². The summed E-state index contributed by atoms with van der Waals surface area (Å²) in [6.45, 7) is 0. The highest BCUT2D eigenvalue weighted by molar-refractivity contribution is 6.15. The zero-order chi connectivity index (χ0) is 38.6. The highest BCUT2D eigenvalue weighted by atomic mass is 15.0. The molecule has 0 amide bonds. The van der Waals surface area contributed by atoms with Crippen LogP contribution in [0, 0.1) is 0 Å². The number of nitrogens with zero attached hydrogens (tertiary/aromatic N) is 3. The van der Waals surface area contributed by atoms with Gasteiger partial charge in [0.2, 0.25) is 0 Å². The molecule has 10 aromatic carbocycles. The Bertz CT molecular complexity index is 3840. The van der Waals surface area contributed by atoms with E-state index in [-0.39, 0.29) is 0 Å². The molecular weight excluding hydrogens is 715 g/mol. The molecule has 0 N–H and O–H groups in total. The molecule has 3 aromatic heterocycles. The van der Waals surface area contributed by atoms with Gasteiger partial charge in [0.15, 0.2) is 0 Å². The van der Waals surface area contributed by atoms with Crippen LogP contribution in [0.1, 0.15) is 0 Å². The summed E-state index contributed by atoms with van der Waals surface area (Å²) >= 11 is 0. The van der Waals surface area contributed by atoms with Crippen LogP contribution in [-0.4, -0.2) is 13.7 Å². The van der Waals surface area contributed by atoms with E-state index >= 15 is 0 Å². The van der Waals surface area contributed by atoms with Crippen molar-refractivity contribution in [1.82, 2.24) is 13.7 Å². The van der Waals surface area contributed by atoms with Gasteiger partial charge in [0.25, 0.3) is 0 Å². The number of hydrogen-bond acceptors (Lipinski definition) is 0. The average Bonchev–Trinajstić information content (AvgIpc) is 3.93. The van der Waals surface area contributed by atoms with Gasteiger partial charge < -0.3 is 13.7 Å². The van der Waals surface area contributed by atoms with Crippen molar-refractivity contribution >= 4 is 87.0 Å². The maximum atomic E-state index is 2.44. The van der Waals surface area contributed by atoms with E-state index in [1.165, 1.54) is 109 Å². The van der Waals surface area contributed by atoms with Crippen LogP contribution in [0.25, 0.3) is 115 Å². The number of fused-ring (bicyclic) bond motifs is 11. The molecule has 3 heteroatoms. The molecule has 0 aliphatic heterocycles. The van der Waals surface area contributed by atoms with Gasteiger partial charge in [0.05, 0.1) is 44.5 Å². The van der Waals surface area contributed by atoms with Gasteiger partial charge in [-0.15, -0.1) is 0 Å². The Morgan fingerprint density at radius 2 is 0.576 bits per heavy atom. The lowest BCUT2D eigenvalue weighted by Crippen LogP contribution is -1.96. The zero-order valence-corrected chi connectivity index (χ0v) is 32.0. The van der Waals surface area contributed by atoms with Crippen molar-refractivity contribution in [3.05, 3.63) is 212 Å². The lowest BCUT2D eigenvalue weighted by molar-refractivity contribution is 1.17. The Kier molecular flexibility index (Phi) is 6.72. The van der Waals surface area contributed by atoms with Crippen LogP contribution in [0.4, 0.5) is 0 Å². The van der Waals surface area contributed by atoms with Crippen molar-refractivity contribution in [3.63, 3.8) is 0 Å². The first-order valence-electron chi connectivity index (χ1n) is 20.4. The fraction of sp³-hybridized carbons (Fsp3) is 0. The number of para-hydroxylation sites is 3. The summed E-state index contributed by atoms with van der Waals surface area (Å²) in [5.74, 6) is 0. The first-order valence-corrected chi connectivity index (χ1v) is 20.4. The second-order valence-corrected chi connectivity index (χ2v) is 15.7. The Morgan fingerprint density at radius 3 is 1.08 bits per heavy atom. The van der Waals surface area contributed by atoms with E-state index in [0.717, 1.165) is 5.69 Å². The molecule has 274 valence electrons. The quantitative estimate of drug-likeness (QED) is 0.170. The van der Waals surface area contributed by atoms with E-state index in [9.17, 15) is 0 Å². The van der Waals surface area contributed by atoms with Crippen LogP contribution in [-0.2, 0) is 0 Å². The molecule has 0 aliphatic carbocycles. The second-order valence-electron chi connectivity index (χ2n) is 15.7. The van der Waals surface area contributed by atoms with Crippen LogP contribution in [0.3, 0.4) is 0 Å². The predicted octanol–water partition coefficient (Wildman–Crippen LogP) is 15.0. The average molecular weight is 750 g/mol. The van der Waals surface area contributed by atoms with Gasteiger partial charge in [-0.2, -0.15) is 0 Å². The van der Waals surface area contributed by atoms with Gasteiger partial charge in [0, 0.05) is 48.8 Å². The largest absolute Gasteiger partial charge is 0.309 e. The molecule has 0 saturated carbocycles. The molecule has 3 heterocycles. The maximum Gasteiger partial charge on any atom is 0.0542 e. The Labute approximate surface area is 339 Å². The first-order chi connectivity index (χ1) is 29.3. The maximum absolute atomic E-state index is 2.44. The fourth-order valence-electron chi connectivity index (χ4n) is 10.0. The van der Waals surface area contributed by atoms with Crippen LogP contribution >= 0.6 is 0 Å². The molecule has 0 radical (unpaired) electrons. The van der Waals surface area contributed by atoms with Crippen molar-refractivity contribution in [2.75, 3.05) is 0 Å². The van der Waals surface area contributed by atoms with E-state index < -0.39 is 0 Å². The van der Waals surface area contributed by atoms with Crippen molar-refractivity contribution in [2.45, 2.75) is 0 Å². The number of aromatic nitrogens is 3. The SMILES string of the molecule is c1ccc2c(-n3c4ccccc4c4cc(-c5ccc6c(c5)c5ccccc5n6-c5ccc6c(c5)c5ccccc5n6-c5cccc6ccccc56)ccc43)cccc2c1. The molecule has 0 spiro atoms. The minimum atomic E-state index is 1.15. The van der Waals surface area contributed by atoms with Gasteiger partial charge in [-0.25, -0.2) is 0 Å². The smallest absolute Gasteiger partial charge is 0.0542 e. The molecule has 59 heavy (non-hydrogen) atoms. The summed E-state index contributed by atoms with van der Waals surface area (Å²) in [5, 5.41) is 12.5. The van der Waals surface area contributed by atoms with Gasteiger partial charge in [0.1, 0.15) is 0 Å². The molecule has 0 fully saturated rings. The van der Waals surface area contributed by atoms with E-state index in [4.69, 9.17) is 0 Å². The molecule has 0 unspecified atom stereocenters. The van der Waals surface area contributed by atoms with E-state index in [0.29, 0.717) is 0 Å². The summed E-state index contributed by atoms with van der Waals surface area (Å²) in [6, 6.07) is 78.0. The molecule has 0 saturated heterocycles. The third-order valence-electron chi connectivity index (χ3n) is 12.6. The molecule has 0 atom stereocenters. The lowest BCUT2D eigenvalue weighted by atomic mass is 10.0. The predicted molar refractivity (Wildman–Crippen MR) is 250 cm³/mol. The molecule has 13 aromatic rings. The van der Waals surface area contributed by atoms with E-state index in [1.54, 1.807) is 0 Å². The van der Waals surface area contributed by atoms with Crippen LogP contribution in [0.15, 0.2) is 212 Å². The minimum absolute atomic E-state index is 1.15. The van der Waals surface area contributed by atoms with E-state index in [2.05, 4.69) is 226 Å². The summed E-state index contributed by atoms with van der Waals surface area (Å²) in [4.78, 5) is 0. The Morgan fingerprint density at radius 1 is 0.220 bits per heavy atom. The molecular formula is C56H35N3. The van der Waals surface area contributed by atoms with Crippen molar-refractivity contribution in [3.8, 4) is 28.2 Å². The zero-order valence-electron chi connectivity index (χ0n) is 32.0. The van der Waals surface area contributed by atoms with Crippen molar-refractivity contribution in [1.29, 1.82) is 0 Å². The van der Waals surface area contributed by atoms with Crippen LogP contribution in [0.5, 0.6) is 0 Å². The fourth-order valence-corrected chi connectivity index (χ4v) is 10.0. The summed E-state index contributed by atoms with van der Waals surface area (Å²) in [7, 11) is 0. The normalized spacial score (nSPS) is 12.1. The van der Waals surface area contributed by atoms with Crippen molar-refractivity contribution < 1.29 is 0 Å². The van der Waals surface area contributed by atoms with Gasteiger partial charge >= 0.3 is 0 Å². The minimum Gasteiger partial charge on any atom is -0.309 e. The third kappa shape index (κ3) is 4.64. The molecule has 3 nitrogen and oxygen atoms in total. The van der Waals surface area contributed by atoms with Gasteiger partial charge in [-0.3, -0.25) is 0 Å². The second kappa shape index (κ2) is 12.3. The lowest BCUT2D eigenvalue weighted by Gasteiger charge is -2.12. The highest BCUT2D eigenvalue weighted by Gasteiger charge is 2.19. The first kappa shape index (κ1) is 32.2.